The van der Waals surface area contributed by atoms with Crippen molar-refractivity contribution in [1.82, 2.24) is 0 Å². The Morgan fingerprint density at radius 2 is 1.86 bits per heavy atom. The molecule has 5 heteroatoms. The van der Waals surface area contributed by atoms with Gasteiger partial charge >= 0.3 is 5.63 Å². The largest absolute Gasteiger partial charge is 0.506 e. The zero-order chi connectivity index (χ0) is 15.7. The van der Waals surface area contributed by atoms with Crippen molar-refractivity contribution >= 4 is 22.6 Å². The second-order valence-electron chi connectivity index (χ2n) is 5.34. The van der Waals surface area contributed by atoms with Gasteiger partial charge in [0.25, 0.3) is 0 Å². The molecule has 0 amide bonds. The number of phenols is 1. The van der Waals surface area contributed by atoms with Gasteiger partial charge in [-0.05, 0) is 39.3 Å². The van der Waals surface area contributed by atoms with E-state index in [1.165, 1.54) is 4.90 Å². The van der Waals surface area contributed by atoms with Crippen molar-refractivity contribution in [2.24, 2.45) is 0 Å². The molecule has 0 aliphatic carbocycles. The van der Waals surface area contributed by atoms with Gasteiger partial charge in [-0.3, -0.25) is 0 Å². The van der Waals surface area contributed by atoms with Gasteiger partial charge in [0.15, 0.2) is 5.58 Å². The third-order valence-electron chi connectivity index (χ3n) is 4.20. The van der Waals surface area contributed by atoms with E-state index < -0.39 is 0 Å². The Bertz CT molecular complexity index is 733. The number of phenolic OH excluding ortho intramolecular Hbond substituents is 1. The van der Waals surface area contributed by atoms with Crippen molar-refractivity contribution in [3.63, 3.8) is 0 Å². The molecule has 0 bridgehead atoms. The average molecular weight is 311 g/mol. The summed E-state index contributed by atoms with van der Waals surface area (Å²) in [6.45, 7) is 10.2. The highest BCUT2D eigenvalue weighted by atomic mass is 35.5. The predicted octanol–water partition coefficient (Wildman–Crippen LogP) is 2.19. The molecule has 2 rings (SSSR count). The average Bonchev–Trinajstić information content (AvgIpc) is 2.47. The molecule has 0 fully saturated rings. The van der Waals surface area contributed by atoms with Crippen LogP contribution >= 0.6 is 11.6 Å². The fourth-order valence-corrected chi connectivity index (χ4v) is 2.73. The van der Waals surface area contributed by atoms with Crippen LogP contribution in [0, 0.1) is 13.8 Å². The zero-order valence-electron chi connectivity index (χ0n) is 12.8. The summed E-state index contributed by atoms with van der Waals surface area (Å²) in [5.41, 5.74) is 2.11. The molecule has 0 radical (unpaired) electrons. The molecule has 1 heterocycles. The number of hydrogen-bond donors (Lipinski definition) is 2. The summed E-state index contributed by atoms with van der Waals surface area (Å²) in [4.78, 5) is 13.2. The van der Waals surface area contributed by atoms with Crippen LogP contribution in [-0.4, -0.2) is 18.2 Å². The summed E-state index contributed by atoms with van der Waals surface area (Å²) in [6.07, 6.45) is 0. The molecule has 1 aromatic heterocycles. The summed E-state index contributed by atoms with van der Waals surface area (Å²) in [5, 5.41) is 11.4. The van der Waals surface area contributed by atoms with Crippen LogP contribution in [0.15, 0.2) is 15.3 Å². The van der Waals surface area contributed by atoms with E-state index in [4.69, 9.17) is 16.0 Å². The molecule has 0 saturated carbocycles. The van der Waals surface area contributed by atoms with Gasteiger partial charge in [-0.25, -0.2) is 4.79 Å². The van der Waals surface area contributed by atoms with Crippen molar-refractivity contribution < 1.29 is 14.4 Å². The maximum atomic E-state index is 11.9. The van der Waals surface area contributed by atoms with Gasteiger partial charge in [0.05, 0.1) is 23.7 Å². The van der Waals surface area contributed by atoms with E-state index >= 15 is 0 Å². The highest BCUT2D eigenvalue weighted by Crippen LogP contribution is 2.35. The molecule has 4 nitrogen and oxygen atoms in total. The first-order valence-corrected chi connectivity index (χ1v) is 7.56. The molecule has 0 saturated heterocycles. The molecular formula is C16H21ClNO3+. The standard InChI is InChI=1S/C16H20ClNO3/c1-5-18(6-2)8-12-14(19)13(17)7-11-9(3)10(4)16(20)21-15(11)12/h7,19H,5-6,8H2,1-4H3/p+1. The highest BCUT2D eigenvalue weighted by molar-refractivity contribution is 6.33. The highest BCUT2D eigenvalue weighted by Gasteiger charge is 2.20. The van der Waals surface area contributed by atoms with Crippen molar-refractivity contribution in [3.05, 3.63) is 38.2 Å². The predicted molar refractivity (Wildman–Crippen MR) is 84.4 cm³/mol. The Morgan fingerprint density at radius 3 is 2.43 bits per heavy atom. The first-order chi connectivity index (χ1) is 9.90. The number of benzene rings is 1. The van der Waals surface area contributed by atoms with Crippen LogP contribution in [-0.2, 0) is 6.54 Å². The van der Waals surface area contributed by atoms with Crippen LogP contribution in [0.4, 0.5) is 0 Å². The quantitative estimate of drug-likeness (QED) is 0.851. The fourth-order valence-electron chi connectivity index (χ4n) is 2.51. The Balaban J connectivity index is 2.78. The number of quaternary nitrogens is 1. The lowest BCUT2D eigenvalue weighted by Crippen LogP contribution is -3.10. The van der Waals surface area contributed by atoms with Crippen molar-refractivity contribution in [2.45, 2.75) is 34.2 Å². The maximum Gasteiger partial charge on any atom is 0.339 e. The molecule has 0 spiro atoms. The second-order valence-corrected chi connectivity index (χ2v) is 5.74. The molecule has 0 aliphatic heterocycles. The Hall–Kier alpha value is -1.52. The van der Waals surface area contributed by atoms with E-state index in [2.05, 4.69) is 13.8 Å². The lowest BCUT2D eigenvalue weighted by molar-refractivity contribution is -0.910. The number of fused-ring (bicyclic) bond motifs is 1. The van der Waals surface area contributed by atoms with E-state index in [0.717, 1.165) is 24.0 Å². The fraction of sp³-hybridized carbons (Fsp3) is 0.438. The molecule has 21 heavy (non-hydrogen) atoms. The topological polar surface area (TPSA) is 54.9 Å². The normalized spacial score (nSPS) is 11.5. The summed E-state index contributed by atoms with van der Waals surface area (Å²) in [5.74, 6) is 0.00923. The van der Waals surface area contributed by atoms with E-state index in [9.17, 15) is 9.90 Å². The van der Waals surface area contributed by atoms with Crippen LogP contribution < -0.4 is 10.5 Å². The van der Waals surface area contributed by atoms with E-state index in [-0.39, 0.29) is 11.4 Å². The van der Waals surface area contributed by atoms with Crippen LogP contribution in [0.2, 0.25) is 5.02 Å². The molecule has 0 atom stereocenters. The third-order valence-corrected chi connectivity index (χ3v) is 4.48. The van der Waals surface area contributed by atoms with Gasteiger partial charge in [-0.1, -0.05) is 11.6 Å². The lowest BCUT2D eigenvalue weighted by Gasteiger charge is -2.18. The van der Waals surface area contributed by atoms with Gasteiger partial charge in [-0.15, -0.1) is 0 Å². The minimum absolute atomic E-state index is 0.00923. The van der Waals surface area contributed by atoms with Crippen LogP contribution in [0.25, 0.3) is 11.0 Å². The van der Waals surface area contributed by atoms with Crippen LogP contribution in [0.1, 0.15) is 30.5 Å². The number of aromatic hydroxyl groups is 1. The summed E-state index contributed by atoms with van der Waals surface area (Å²) >= 11 is 6.15. The number of rotatable bonds is 4. The smallest absolute Gasteiger partial charge is 0.339 e. The lowest BCUT2D eigenvalue weighted by atomic mass is 10.0. The van der Waals surface area contributed by atoms with Gasteiger partial charge < -0.3 is 14.4 Å². The molecule has 1 aromatic carbocycles. The Morgan fingerprint density at radius 1 is 1.24 bits per heavy atom. The number of hydrogen-bond acceptors (Lipinski definition) is 3. The van der Waals surface area contributed by atoms with Gasteiger partial charge in [0, 0.05) is 10.9 Å². The molecule has 0 aliphatic rings. The first-order valence-electron chi connectivity index (χ1n) is 7.18. The van der Waals surface area contributed by atoms with Crippen molar-refractivity contribution in [1.29, 1.82) is 0 Å². The molecule has 2 aromatic rings. The maximum absolute atomic E-state index is 11.9. The second kappa shape index (κ2) is 6.08. The van der Waals surface area contributed by atoms with Gasteiger partial charge in [-0.2, -0.15) is 0 Å². The number of halogens is 1. The minimum Gasteiger partial charge on any atom is -0.506 e. The Labute approximate surface area is 128 Å². The third kappa shape index (κ3) is 2.78. The molecule has 0 unspecified atom stereocenters. The summed E-state index contributed by atoms with van der Waals surface area (Å²) in [6, 6.07) is 1.67. The summed E-state index contributed by atoms with van der Waals surface area (Å²) < 4.78 is 5.44. The van der Waals surface area contributed by atoms with E-state index in [0.29, 0.717) is 28.3 Å². The van der Waals surface area contributed by atoms with Crippen LogP contribution in [0.5, 0.6) is 5.75 Å². The van der Waals surface area contributed by atoms with E-state index in [1.54, 1.807) is 13.0 Å². The number of nitrogens with one attached hydrogen (secondary N) is 1. The summed E-state index contributed by atoms with van der Waals surface area (Å²) in [7, 11) is 0. The van der Waals surface area contributed by atoms with Crippen molar-refractivity contribution in [3.8, 4) is 5.75 Å². The molecular weight excluding hydrogens is 290 g/mol. The van der Waals surface area contributed by atoms with Crippen LogP contribution in [0.3, 0.4) is 0 Å². The van der Waals surface area contributed by atoms with Crippen molar-refractivity contribution in [2.75, 3.05) is 13.1 Å². The SMILES string of the molecule is CC[NH+](CC)Cc1c(O)c(Cl)cc2c(C)c(C)c(=O)oc12. The Kier molecular flexibility index (Phi) is 4.59. The monoisotopic (exact) mass is 310 g/mol. The first kappa shape index (κ1) is 15.9. The minimum atomic E-state index is -0.363. The number of aryl methyl sites for hydroxylation is 1. The molecule has 114 valence electrons. The van der Waals surface area contributed by atoms with Gasteiger partial charge in [0.2, 0.25) is 0 Å². The zero-order valence-corrected chi connectivity index (χ0v) is 13.6. The van der Waals surface area contributed by atoms with E-state index in [1.807, 2.05) is 6.92 Å². The van der Waals surface area contributed by atoms with Gasteiger partial charge in [0.1, 0.15) is 12.3 Å². The molecule has 2 N–H and O–H groups in total.